The van der Waals surface area contributed by atoms with Crippen molar-refractivity contribution in [2.24, 2.45) is 0 Å². The van der Waals surface area contributed by atoms with Crippen molar-refractivity contribution < 1.29 is 4.79 Å². The molecule has 0 bridgehead atoms. The standard InChI is InChI=1S/C8H5Cl3O/c9-6-3-5(1-2-12)4-7(10)8(6)11/h2-4H,1H2. The monoisotopic (exact) mass is 222 g/mol. The van der Waals surface area contributed by atoms with E-state index in [1.54, 1.807) is 12.1 Å². The lowest BCUT2D eigenvalue weighted by molar-refractivity contribution is -0.107. The van der Waals surface area contributed by atoms with Crippen LogP contribution in [0.1, 0.15) is 5.56 Å². The van der Waals surface area contributed by atoms with Crippen LogP contribution in [0.25, 0.3) is 0 Å². The first-order valence-corrected chi connectivity index (χ1v) is 4.35. The summed E-state index contributed by atoms with van der Waals surface area (Å²) in [6, 6.07) is 3.26. The van der Waals surface area contributed by atoms with E-state index in [0.29, 0.717) is 21.5 Å². The van der Waals surface area contributed by atoms with Crippen LogP contribution in [0, 0.1) is 0 Å². The van der Waals surface area contributed by atoms with Crippen molar-refractivity contribution in [3.05, 3.63) is 32.8 Å². The fourth-order valence-corrected chi connectivity index (χ4v) is 1.46. The van der Waals surface area contributed by atoms with E-state index in [-0.39, 0.29) is 0 Å². The molecular weight excluding hydrogens is 218 g/mol. The van der Waals surface area contributed by atoms with Crippen LogP contribution >= 0.6 is 34.8 Å². The Morgan fingerprint density at radius 2 is 1.67 bits per heavy atom. The van der Waals surface area contributed by atoms with E-state index < -0.39 is 0 Å². The van der Waals surface area contributed by atoms with E-state index in [1.807, 2.05) is 0 Å². The number of halogens is 3. The van der Waals surface area contributed by atoms with E-state index >= 15 is 0 Å². The molecule has 0 aliphatic rings. The SMILES string of the molecule is O=CCc1cc(Cl)c(Cl)c(Cl)c1. The molecule has 0 amide bonds. The predicted octanol–water partition coefficient (Wildman–Crippen LogP) is 3.39. The molecule has 0 spiro atoms. The second-order valence-corrected chi connectivity index (χ2v) is 3.44. The van der Waals surface area contributed by atoms with Gasteiger partial charge in [0.2, 0.25) is 0 Å². The molecule has 0 radical (unpaired) electrons. The van der Waals surface area contributed by atoms with Gasteiger partial charge in [0.05, 0.1) is 15.1 Å². The largest absolute Gasteiger partial charge is 0.303 e. The summed E-state index contributed by atoms with van der Waals surface area (Å²) < 4.78 is 0. The van der Waals surface area contributed by atoms with Gasteiger partial charge < -0.3 is 4.79 Å². The van der Waals surface area contributed by atoms with Crippen LogP contribution in [0.3, 0.4) is 0 Å². The van der Waals surface area contributed by atoms with Crippen LogP contribution in [0.15, 0.2) is 12.1 Å². The van der Waals surface area contributed by atoms with Gasteiger partial charge in [0.1, 0.15) is 6.29 Å². The Morgan fingerprint density at radius 3 is 2.08 bits per heavy atom. The van der Waals surface area contributed by atoms with Gasteiger partial charge in [0.25, 0.3) is 0 Å². The Hall–Kier alpha value is -0.240. The quantitative estimate of drug-likeness (QED) is 0.555. The molecule has 64 valence electrons. The molecule has 1 aromatic rings. The van der Waals surface area contributed by atoms with Crippen LogP contribution in [0.5, 0.6) is 0 Å². The lowest BCUT2D eigenvalue weighted by atomic mass is 10.2. The van der Waals surface area contributed by atoms with Crippen molar-refractivity contribution in [1.29, 1.82) is 0 Å². The van der Waals surface area contributed by atoms with Crippen molar-refractivity contribution in [1.82, 2.24) is 0 Å². The molecule has 0 aliphatic carbocycles. The number of carbonyl (C=O) groups is 1. The zero-order chi connectivity index (χ0) is 9.14. The van der Waals surface area contributed by atoms with Crippen molar-refractivity contribution in [2.45, 2.75) is 6.42 Å². The van der Waals surface area contributed by atoms with Gasteiger partial charge >= 0.3 is 0 Å². The Morgan fingerprint density at radius 1 is 1.17 bits per heavy atom. The molecule has 12 heavy (non-hydrogen) atoms. The highest BCUT2D eigenvalue weighted by Crippen LogP contribution is 2.30. The predicted molar refractivity (Wildman–Crippen MR) is 51.2 cm³/mol. The normalized spacial score (nSPS) is 9.92. The van der Waals surface area contributed by atoms with Crippen molar-refractivity contribution in [3.63, 3.8) is 0 Å². The van der Waals surface area contributed by atoms with Crippen LogP contribution < -0.4 is 0 Å². The maximum atomic E-state index is 10.2. The van der Waals surface area contributed by atoms with Gasteiger partial charge in [0, 0.05) is 6.42 Å². The Bertz CT molecular complexity index is 286. The zero-order valence-electron chi connectivity index (χ0n) is 5.98. The van der Waals surface area contributed by atoms with Crippen LogP contribution in [-0.4, -0.2) is 6.29 Å². The first-order valence-electron chi connectivity index (χ1n) is 3.22. The number of benzene rings is 1. The summed E-state index contributed by atoms with van der Waals surface area (Å²) >= 11 is 17.1. The fourth-order valence-electron chi connectivity index (χ4n) is 0.822. The fraction of sp³-hybridized carbons (Fsp3) is 0.125. The maximum absolute atomic E-state index is 10.2. The molecular formula is C8H5Cl3O. The average Bonchev–Trinajstić information content (AvgIpc) is 2.01. The Balaban J connectivity index is 3.11. The third kappa shape index (κ3) is 2.13. The highest BCUT2D eigenvalue weighted by molar-refractivity contribution is 6.48. The second-order valence-electron chi connectivity index (χ2n) is 2.24. The van der Waals surface area contributed by atoms with Gasteiger partial charge in [-0.05, 0) is 17.7 Å². The van der Waals surface area contributed by atoms with Gasteiger partial charge in [0.15, 0.2) is 0 Å². The molecule has 0 heterocycles. The summed E-state index contributed by atoms with van der Waals surface area (Å²) in [5.74, 6) is 0. The number of hydrogen-bond donors (Lipinski definition) is 0. The average molecular weight is 223 g/mol. The molecule has 0 aliphatic heterocycles. The first-order chi connectivity index (χ1) is 5.65. The molecule has 0 saturated heterocycles. The highest BCUT2D eigenvalue weighted by atomic mass is 35.5. The number of rotatable bonds is 2. The number of hydrogen-bond acceptors (Lipinski definition) is 1. The minimum Gasteiger partial charge on any atom is -0.303 e. The summed E-state index contributed by atoms with van der Waals surface area (Å²) in [4.78, 5) is 10.2. The van der Waals surface area contributed by atoms with Crippen molar-refractivity contribution in [3.8, 4) is 0 Å². The van der Waals surface area contributed by atoms with Crippen molar-refractivity contribution in [2.75, 3.05) is 0 Å². The molecule has 1 rings (SSSR count). The molecule has 0 unspecified atom stereocenters. The second kappa shape index (κ2) is 4.13. The zero-order valence-corrected chi connectivity index (χ0v) is 8.25. The Kier molecular flexibility index (Phi) is 3.39. The highest BCUT2D eigenvalue weighted by Gasteiger charge is 2.04. The number of aldehydes is 1. The van der Waals surface area contributed by atoms with E-state index in [1.165, 1.54) is 0 Å². The smallest absolute Gasteiger partial charge is 0.124 e. The summed E-state index contributed by atoms with van der Waals surface area (Å²) in [5, 5.41) is 1.08. The lowest BCUT2D eigenvalue weighted by Crippen LogP contribution is -1.86. The van der Waals surface area contributed by atoms with Gasteiger partial charge in [-0.3, -0.25) is 0 Å². The molecule has 0 saturated carbocycles. The summed E-state index contributed by atoms with van der Waals surface area (Å²) in [5.41, 5.74) is 0.768. The molecule has 4 heteroatoms. The van der Waals surface area contributed by atoms with Gasteiger partial charge in [-0.1, -0.05) is 34.8 Å². The molecule has 1 aromatic carbocycles. The Labute approximate surface area is 85.2 Å². The van der Waals surface area contributed by atoms with E-state index in [4.69, 9.17) is 34.8 Å². The lowest BCUT2D eigenvalue weighted by Gasteiger charge is -2.01. The summed E-state index contributed by atoms with van der Waals surface area (Å²) in [6.07, 6.45) is 1.09. The third-order valence-electron chi connectivity index (χ3n) is 1.36. The van der Waals surface area contributed by atoms with Gasteiger partial charge in [-0.15, -0.1) is 0 Å². The molecule has 0 aromatic heterocycles. The summed E-state index contributed by atoms with van der Waals surface area (Å²) in [7, 11) is 0. The van der Waals surface area contributed by atoms with E-state index in [0.717, 1.165) is 11.8 Å². The van der Waals surface area contributed by atoms with E-state index in [9.17, 15) is 4.79 Å². The maximum Gasteiger partial charge on any atom is 0.124 e. The summed E-state index contributed by atoms with van der Waals surface area (Å²) in [6.45, 7) is 0. The van der Waals surface area contributed by atoms with Crippen LogP contribution in [0.2, 0.25) is 15.1 Å². The third-order valence-corrected chi connectivity index (χ3v) is 2.56. The van der Waals surface area contributed by atoms with Crippen LogP contribution in [0.4, 0.5) is 0 Å². The van der Waals surface area contributed by atoms with E-state index in [2.05, 4.69) is 0 Å². The molecule has 0 fully saturated rings. The molecule has 0 atom stereocenters. The van der Waals surface area contributed by atoms with Crippen molar-refractivity contribution >= 4 is 41.1 Å². The van der Waals surface area contributed by atoms with Crippen LogP contribution in [-0.2, 0) is 11.2 Å². The first kappa shape index (κ1) is 9.85. The van der Waals surface area contributed by atoms with Gasteiger partial charge in [-0.2, -0.15) is 0 Å². The van der Waals surface area contributed by atoms with Gasteiger partial charge in [-0.25, -0.2) is 0 Å². The molecule has 0 N–H and O–H groups in total. The topological polar surface area (TPSA) is 17.1 Å². The minimum absolute atomic E-state index is 0.302. The molecule has 1 nitrogen and oxygen atoms in total. The minimum atomic E-state index is 0.302. The number of carbonyl (C=O) groups excluding carboxylic acids is 1.